The molecule has 1 N–H and O–H groups in total. The zero-order valence-corrected chi connectivity index (χ0v) is 21.2. The summed E-state index contributed by atoms with van der Waals surface area (Å²) in [5, 5.41) is 3.20. The Hall–Kier alpha value is -3.74. The second-order valence-corrected chi connectivity index (χ2v) is 9.13. The molecule has 1 fully saturated rings. The van der Waals surface area contributed by atoms with Crippen molar-refractivity contribution in [3.8, 4) is 11.5 Å². The molecule has 1 heterocycles. The van der Waals surface area contributed by atoms with E-state index in [-0.39, 0.29) is 23.6 Å². The average molecular weight is 491 g/mol. The molecule has 1 aliphatic carbocycles. The molecule has 3 aromatic rings. The Morgan fingerprint density at radius 1 is 1.03 bits per heavy atom. The Morgan fingerprint density at radius 2 is 1.81 bits per heavy atom. The van der Waals surface area contributed by atoms with Crippen LogP contribution >= 0.6 is 0 Å². The van der Waals surface area contributed by atoms with Crippen LogP contribution in [0.25, 0.3) is 0 Å². The number of benzene rings is 2. The average Bonchev–Trinajstić information content (AvgIpc) is 3.61. The minimum atomic E-state index is -0.933. The van der Waals surface area contributed by atoms with Crippen LogP contribution in [0.15, 0.2) is 65.3 Å². The number of hydrogen-bond acceptors (Lipinski definition) is 5. The number of para-hydroxylation sites is 1. The van der Waals surface area contributed by atoms with E-state index in [4.69, 9.17) is 13.9 Å². The van der Waals surface area contributed by atoms with Crippen molar-refractivity contribution in [2.75, 3.05) is 20.8 Å². The molecule has 0 spiro atoms. The maximum atomic E-state index is 13.9. The second kappa shape index (κ2) is 11.8. The molecule has 1 aliphatic rings. The van der Waals surface area contributed by atoms with Crippen molar-refractivity contribution in [3.05, 3.63) is 83.3 Å². The maximum Gasteiger partial charge on any atom is 0.290 e. The van der Waals surface area contributed by atoms with Crippen LogP contribution in [0.1, 0.15) is 59.0 Å². The van der Waals surface area contributed by atoms with Crippen molar-refractivity contribution in [2.45, 2.75) is 51.1 Å². The van der Waals surface area contributed by atoms with Gasteiger partial charge in [-0.3, -0.25) is 9.59 Å². The van der Waals surface area contributed by atoms with Crippen molar-refractivity contribution in [3.63, 3.8) is 0 Å². The van der Waals surface area contributed by atoms with Gasteiger partial charge in [-0.1, -0.05) is 49.2 Å². The first kappa shape index (κ1) is 25.4. The number of carbonyl (C=O) groups excluding carboxylic acids is 2. The Labute approximate surface area is 212 Å². The molecule has 2 amide bonds. The van der Waals surface area contributed by atoms with Gasteiger partial charge in [0, 0.05) is 18.2 Å². The summed E-state index contributed by atoms with van der Waals surface area (Å²) < 4.78 is 16.7. The first-order valence-electron chi connectivity index (χ1n) is 12.4. The largest absolute Gasteiger partial charge is 0.493 e. The van der Waals surface area contributed by atoms with Crippen LogP contribution in [0.4, 0.5) is 0 Å². The Balaban J connectivity index is 1.78. The van der Waals surface area contributed by atoms with Crippen molar-refractivity contribution < 1.29 is 23.5 Å². The van der Waals surface area contributed by atoms with Crippen LogP contribution < -0.4 is 14.8 Å². The van der Waals surface area contributed by atoms with E-state index in [1.54, 1.807) is 37.3 Å². The molecule has 0 radical (unpaired) electrons. The number of furan rings is 1. The molecular formula is C29H34N2O5. The van der Waals surface area contributed by atoms with E-state index in [0.717, 1.165) is 36.8 Å². The minimum absolute atomic E-state index is 0.0912. The third kappa shape index (κ3) is 5.56. The highest BCUT2D eigenvalue weighted by Gasteiger charge is 2.37. The Kier molecular flexibility index (Phi) is 8.31. The molecule has 36 heavy (non-hydrogen) atoms. The normalized spacial score (nSPS) is 14.3. The van der Waals surface area contributed by atoms with Gasteiger partial charge < -0.3 is 24.1 Å². The fourth-order valence-corrected chi connectivity index (χ4v) is 4.95. The van der Waals surface area contributed by atoms with Crippen molar-refractivity contribution in [1.82, 2.24) is 10.2 Å². The van der Waals surface area contributed by atoms with Crippen LogP contribution in [0, 0.1) is 6.92 Å². The summed E-state index contributed by atoms with van der Waals surface area (Å²) in [7, 11) is 3.10. The van der Waals surface area contributed by atoms with E-state index >= 15 is 0 Å². The van der Waals surface area contributed by atoms with Gasteiger partial charge in [0.2, 0.25) is 5.91 Å². The van der Waals surface area contributed by atoms with E-state index < -0.39 is 6.04 Å². The Morgan fingerprint density at radius 3 is 2.47 bits per heavy atom. The molecular weight excluding hydrogens is 456 g/mol. The van der Waals surface area contributed by atoms with Crippen LogP contribution in [0.2, 0.25) is 0 Å². The lowest BCUT2D eigenvalue weighted by Gasteiger charge is -2.33. The lowest BCUT2D eigenvalue weighted by Crippen LogP contribution is -2.47. The highest BCUT2D eigenvalue weighted by atomic mass is 16.5. The summed E-state index contributed by atoms with van der Waals surface area (Å²) in [6.45, 7) is 2.36. The number of carbonyl (C=O) groups is 2. The number of nitrogens with one attached hydrogen (secondary N) is 1. The summed E-state index contributed by atoms with van der Waals surface area (Å²) in [6, 6.07) is 15.9. The molecule has 0 aliphatic heterocycles. The van der Waals surface area contributed by atoms with Gasteiger partial charge in [-0.2, -0.15) is 0 Å². The number of ether oxygens (including phenoxy) is 2. The molecule has 7 heteroatoms. The quantitative estimate of drug-likeness (QED) is 0.428. The number of nitrogens with zero attached hydrogens (tertiary/aromatic N) is 1. The van der Waals surface area contributed by atoms with Gasteiger partial charge >= 0.3 is 0 Å². The summed E-state index contributed by atoms with van der Waals surface area (Å²) >= 11 is 0. The zero-order valence-electron chi connectivity index (χ0n) is 21.2. The molecule has 0 saturated heterocycles. The van der Waals surface area contributed by atoms with Crippen LogP contribution in [0.3, 0.4) is 0 Å². The smallest absolute Gasteiger partial charge is 0.290 e. The fourth-order valence-electron chi connectivity index (χ4n) is 4.95. The first-order chi connectivity index (χ1) is 17.5. The molecule has 1 aromatic heterocycles. The molecule has 7 nitrogen and oxygen atoms in total. The molecule has 190 valence electrons. The summed E-state index contributed by atoms with van der Waals surface area (Å²) in [4.78, 5) is 29.3. The topological polar surface area (TPSA) is 81.0 Å². The number of methoxy groups -OCH3 is 2. The van der Waals surface area contributed by atoms with Gasteiger partial charge in [0.1, 0.15) is 6.04 Å². The summed E-state index contributed by atoms with van der Waals surface area (Å²) in [6.07, 6.45) is 6.08. The van der Waals surface area contributed by atoms with Crippen molar-refractivity contribution >= 4 is 11.8 Å². The van der Waals surface area contributed by atoms with Gasteiger partial charge in [0.25, 0.3) is 5.91 Å². The van der Waals surface area contributed by atoms with E-state index in [2.05, 4.69) is 5.32 Å². The molecule has 0 unspecified atom stereocenters. The van der Waals surface area contributed by atoms with Crippen molar-refractivity contribution in [1.29, 1.82) is 0 Å². The highest BCUT2D eigenvalue weighted by molar-refractivity contribution is 5.96. The van der Waals surface area contributed by atoms with E-state index in [1.165, 1.54) is 6.26 Å². The third-order valence-corrected chi connectivity index (χ3v) is 6.87. The fraction of sp³-hybridized carbons (Fsp3) is 0.379. The van der Waals surface area contributed by atoms with Crippen molar-refractivity contribution in [2.24, 2.45) is 0 Å². The third-order valence-electron chi connectivity index (χ3n) is 6.87. The molecule has 2 aromatic carbocycles. The van der Waals surface area contributed by atoms with E-state index in [0.29, 0.717) is 30.0 Å². The zero-order chi connectivity index (χ0) is 25.5. The number of amides is 2. The second-order valence-electron chi connectivity index (χ2n) is 9.13. The predicted molar refractivity (Wildman–Crippen MR) is 137 cm³/mol. The predicted octanol–water partition coefficient (Wildman–Crippen LogP) is 5.09. The van der Waals surface area contributed by atoms with Crippen LogP contribution in [-0.4, -0.2) is 43.5 Å². The van der Waals surface area contributed by atoms with Gasteiger partial charge in [-0.25, -0.2) is 0 Å². The van der Waals surface area contributed by atoms with Gasteiger partial charge in [-0.15, -0.1) is 0 Å². The monoisotopic (exact) mass is 490 g/mol. The minimum Gasteiger partial charge on any atom is -0.493 e. The lowest BCUT2D eigenvalue weighted by atomic mass is 9.99. The van der Waals surface area contributed by atoms with Gasteiger partial charge in [0.15, 0.2) is 17.3 Å². The first-order valence-corrected chi connectivity index (χ1v) is 12.4. The van der Waals surface area contributed by atoms with Crippen LogP contribution in [-0.2, 0) is 11.2 Å². The van der Waals surface area contributed by atoms with Gasteiger partial charge in [-0.05, 0) is 55.5 Å². The van der Waals surface area contributed by atoms with E-state index in [9.17, 15) is 9.59 Å². The molecule has 1 saturated carbocycles. The number of aryl methyl sites for hydroxylation is 1. The lowest BCUT2D eigenvalue weighted by molar-refractivity contribution is -0.126. The highest BCUT2D eigenvalue weighted by Crippen LogP contribution is 2.38. The number of rotatable bonds is 10. The maximum absolute atomic E-state index is 13.9. The Bertz CT molecular complexity index is 1170. The van der Waals surface area contributed by atoms with E-state index in [1.807, 2.05) is 43.3 Å². The summed E-state index contributed by atoms with van der Waals surface area (Å²) in [5.74, 6) is 0.515. The van der Waals surface area contributed by atoms with Gasteiger partial charge in [0.05, 0.1) is 20.5 Å². The van der Waals surface area contributed by atoms with Crippen LogP contribution in [0.5, 0.6) is 11.5 Å². The SMILES string of the molecule is COc1cccc([C@H](C(=O)NC2CCCC2)N(CCc2ccccc2C)C(=O)c2ccco2)c1OC. The number of hydrogen-bond donors (Lipinski definition) is 1. The molecule has 4 rings (SSSR count). The molecule has 0 bridgehead atoms. The molecule has 1 atom stereocenters. The standard InChI is InChI=1S/C29H34N2O5/c1-20-10-4-5-11-21(20)17-18-31(29(33)25-16-9-19-36-25)26(28(32)30-22-12-6-7-13-22)23-14-8-15-24(34-2)27(23)35-3/h4-5,8-11,14-16,19,22,26H,6-7,12-13,17-18H2,1-3H3,(H,30,32)/t26-/m1/s1. The summed E-state index contributed by atoms with van der Waals surface area (Å²) in [5.41, 5.74) is 2.81.